The Kier molecular flexibility index (Phi) is 3.56. The van der Waals surface area contributed by atoms with Gasteiger partial charge in [0, 0.05) is 25.9 Å². The zero-order valence-electron chi connectivity index (χ0n) is 11.0. The van der Waals surface area contributed by atoms with E-state index in [2.05, 4.69) is 27.3 Å². The van der Waals surface area contributed by atoms with E-state index < -0.39 is 5.66 Å². The van der Waals surface area contributed by atoms with E-state index in [9.17, 15) is 9.59 Å². The molecule has 0 radical (unpaired) electrons. The number of nitriles is 1. The molecule has 0 atom stereocenters. The average Bonchev–Trinajstić information content (AvgIpc) is 2.73. The van der Waals surface area contributed by atoms with E-state index >= 15 is 0 Å². The first kappa shape index (κ1) is 14.6. The highest BCUT2D eigenvalue weighted by Crippen LogP contribution is 2.35. The summed E-state index contributed by atoms with van der Waals surface area (Å²) in [6.07, 6.45) is 1.14. The summed E-state index contributed by atoms with van der Waals surface area (Å²) in [6.45, 7) is 1.64. The summed E-state index contributed by atoms with van der Waals surface area (Å²) < 4.78 is 1.82. The van der Waals surface area contributed by atoms with Crippen molar-refractivity contribution < 1.29 is 4.79 Å². The van der Waals surface area contributed by atoms with Crippen molar-refractivity contribution in [1.82, 2.24) is 14.8 Å². The highest BCUT2D eigenvalue weighted by molar-refractivity contribution is 9.10. The number of hydrogen-bond donors (Lipinski definition) is 1. The number of piperidine rings is 1. The second-order valence-corrected chi connectivity index (χ2v) is 6.51. The third-order valence-corrected chi connectivity index (χ3v) is 4.93. The van der Waals surface area contributed by atoms with E-state index in [0.29, 0.717) is 36.9 Å². The fraction of sp³-hybridized carbons (Fsp3) is 0.462. The summed E-state index contributed by atoms with van der Waals surface area (Å²) in [6, 6.07) is 3.57. The molecule has 2 aliphatic heterocycles. The largest absolute Gasteiger partial charge is 0.327 e. The van der Waals surface area contributed by atoms with Crippen LogP contribution >= 0.6 is 27.5 Å². The molecule has 3 heterocycles. The molecule has 0 unspecified atom stereocenters. The monoisotopic (exact) mass is 370 g/mol. The van der Waals surface area contributed by atoms with Gasteiger partial charge in [-0.25, -0.2) is 0 Å². The fourth-order valence-corrected chi connectivity index (χ4v) is 3.85. The van der Waals surface area contributed by atoms with Gasteiger partial charge in [0.05, 0.1) is 22.1 Å². The van der Waals surface area contributed by atoms with Crippen LogP contribution < -0.4 is 10.9 Å². The van der Waals surface area contributed by atoms with E-state index in [1.165, 1.54) is 10.6 Å². The van der Waals surface area contributed by atoms with Crippen LogP contribution in [0.4, 0.5) is 0 Å². The number of likely N-dealkylation sites (tertiary alicyclic amines) is 1. The number of carbonyl (C=O) groups excluding carboxylic acids is 1. The number of carbonyl (C=O) groups is 1. The summed E-state index contributed by atoms with van der Waals surface area (Å²) in [7, 11) is 0. The second-order valence-electron chi connectivity index (χ2n) is 5.25. The Balaban J connectivity index is 2.06. The standard InChI is InChI=1S/C13H12BrClN4O2/c14-8-7-9(15)10-11(20)17-13(19(10)12(8)21)1-4-18(5-2-13)6-3-16/h7H,1-2,4-6H2,(H,17,20). The molecule has 1 saturated heterocycles. The number of fused-ring (bicyclic) bond motifs is 2. The predicted octanol–water partition coefficient (Wildman–Crippen LogP) is 1.28. The molecule has 110 valence electrons. The maximum atomic E-state index is 12.4. The number of hydrogen-bond acceptors (Lipinski definition) is 4. The van der Waals surface area contributed by atoms with E-state index in [0.717, 1.165) is 0 Å². The van der Waals surface area contributed by atoms with Gasteiger partial charge in [-0.1, -0.05) is 11.6 Å². The van der Waals surface area contributed by atoms with E-state index in [-0.39, 0.29) is 22.2 Å². The van der Waals surface area contributed by atoms with E-state index in [4.69, 9.17) is 16.9 Å². The summed E-state index contributed by atoms with van der Waals surface area (Å²) in [5.41, 5.74) is -0.775. The topological polar surface area (TPSA) is 78.1 Å². The SMILES string of the molecule is N#CCN1CCC2(CC1)NC(=O)c1c(Cl)cc(Br)c(=O)n12. The lowest BCUT2D eigenvalue weighted by atomic mass is 9.97. The Morgan fingerprint density at radius 3 is 2.71 bits per heavy atom. The van der Waals surface area contributed by atoms with Gasteiger partial charge >= 0.3 is 0 Å². The van der Waals surface area contributed by atoms with Gasteiger partial charge in [0.25, 0.3) is 11.5 Å². The zero-order valence-corrected chi connectivity index (χ0v) is 13.4. The van der Waals surface area contributed by atoms with Crippen molar-refractivity contribution in [2.75, 3.05) is 19.6 Å². The molecule has 1 aromatic rings. The number of halogens is 2. The first-order valence-electron chi connectivity index (χ1n) is 6.52. The lowest BCUT2D eigenvalue weighted by Crippen LogP contribution is -2.54. The van der Waals surface area contributed by atoms with Crippen LogP contribution in [0.2, 0.25) is 5.02 Å². The van der Waals surface area contributed by atoms with Crippen LogP contribution in [0.3, 0.4) is 0 Å². The van der Waals surface area contributed by atoms with Gasteiger partial charge in [0.1, 0.15) is 11.4 Å². The number of nitrogens with zero attached hydrogens (tertiary/aromatic N) is 3. The zero-order chi connectivity index (χ0) is 15.2. The number of pyridine rings is 1. The predicted molar refractivity (Wildman–Crippen MR) is 80.1 cm³/mol. The summed E-state index contributed by atoms with van der Waals surface area (Å²) in [4.78, 5) is 26.6. The Labute approximate surface area is 134 Å². The van der Waals surface area contributed by atoms with Crippen molar-refractivity contribution in [3.63, 3.8) is 0 Å². The van der Waals surface area contributed by atoms with Crippen molar-refractivity contribution in [2.45, 2.75) is 18.5 Å². The molecular formula is C13H12BrClN4O2. The molecular weight excluding hydrogens is 360 g/mol. The normalized spacial score (nSPS) is 20.1. The van der Waals surface area contributed by atoms with Gasteiger partial charge in [0.2, 0.25) is 0 Å². The van der Waals surface area contributed by atoms with Gasteiger partial charge in [-0.3, -0.25) is 19.1 Å². The van der Waals surface area contributed by atoms with Crippen molar-refractivity contribution in [1.29, 1.82) is 5.26 Å². The molecule has 3 rings (SSSR count). The molecule has 0 saturated carbocycles. The number of rotatable bonds is 1. The van der Waals surface area contributed by atoms with Gasteiger partial charge in [-0.2, -0.15) is 5.26 Å². The van der Waals surface area contributed by atoms with Crippen molar-refractivity contribution in [2.24, 2.45) is 0 Å². The lowest BCUT2D eigenvalue weighted by molar-refractivity contribution is 0.0776. The molecule has 1 spiro atoms. The third-order valence-electron chi connectivity index (χ3n) is 4.08. The van der Waals surface area contributed by atoms with Crippen LogP contribution in [0.15, 0.2) is 15.3 Å². The van der Waals surface area contributed by atoms with Gasteiger partial charge in [-0.15, -0.1) is 0 Å². The lowest BCUT2D eigenvalue weighted by Gasteiger charge is -2.39. The van der Waals surface area contributed by atoms with Crippen LogP contribution in [0.1, 0.15) is 23.3 Å². The third kappa shape index (κ3) is 2.18. The first-order chi connectivity index (χ1) is 9.98. The van der Waals surface area contributed by atoms with Crippen molar-refractivity contribution in [3.8, 4) is 6.07 Å². The van der Waals surface area contributed by atoms with Crippen molar-refractivity contribution in [3.05, 3.63) is 31.6 Å². The van der Waals surface area contributed by atoms with Crippen LogP contribution in [-0.2, 0) is 5.66 Å². The molecule has 0 aromatic carbocycles. The van der Waals surface area contributed by atoms with Crippen LogP contribution in [0.25, 0.3) is 0 Å². The van der Waals surface area contributed by atoms with E-state index in [1.807, 2.05) is 4.90 Å². The van der Waals surface area contributed by atoms with Crippen LogP contribution in [0.5, 0.6) is 0 Å². The average molecular weight is 372 g/mol. The van der Waals surface area contributed by atoms with Crippen LogP contribution in [-0.4, -0.2) is 35.0 Å². The minimum absolute atomic E-state index is 0.221. The van der Waals surface area contributed by atoms with Crippen molar-refractivity contribution >= 4 is 33.4 Å². The highest BCUT2D eigenvalue weighted by atomic mass is 79.9. The Morgan fingerprint density at radius 1 is 1.43 bits per heavy atom. The summed E-state index contributed by atoms with van der Waals surface area (Å²) in [5, 5.41) is 11.9. The number of amides is 1. The number of aromatic nitrogens is 1. The van der Waals surface area contributed by atoms with Gasteiger partial charge < -0.3 is 5.32 Å². The minimum Gasteiger partial charge on any atom is -0.327 e. The second kappa shape index (κ2) is 5.13. The Morgan fingerprint density at radius 2 is 2.10 bits per heavy atom. The Hall–Kier alpha value is -1.36. The smallest absolute Gasteiger partial charge is 0.271 e. The quantitative estimate of drug-likeness (QED) is 0.754. The maximum absolute atomic E-state index is 12.4. The Bertz CT molecular complexity index is 716. The molecule has 1 amide bonds. The fourth-order valence-electron chi connectivity index (χ4n) is 3.03. The molecule has 1 N–H and O–H groups in total. The molecule has 0 aliphatic carbocycles. The molecule has 1 fully saturated rings. The molecule has 2 aliphatic rings. The molecule has 8 heteroatoms. The number of nitrogens with one attached hydrogen (secondary N) is 1. The maximum Gasteiger partial charge on any atom is 0.271 e. The molecule has 1 aromatic heterocycles. The minimum atomic E-state index is -0.733. The van der Waals surface area contributed by atoms with Crippen LogP contribution in [0, 0.1) is 11.3 Å². The van der Waals surface area contributed by atoms with Gasteiger partial charge in [-0.05, 0) is 22.0 Å². The molecule has 6 nitrogen and oxygen atoms in total. The first-order valence-corrected chi connectivity index (χ1v) is 7.69. The highest BCUT2D eigenvalue weighted by Gasteiger charge is 2.46. The van der Waals surface area contributed by atoms with E-state index in [1.54, 1.807) is 0 Å². The van der Waals surface area contributed by atoms with Gasteiger partial charge in [0.15, 0.2) is 0 Å². The molecule has 21 heavy (non-hydrogen) atoms. The summed E-state index contributed by atoms with van der Waals surface area (Å²) >= 11 is 9.31. The molecule has 0 bridgehead atoms. The summed E-state index contributed by atoms with van der Waals surface area (Å²) in [5.74, 6) is -0.321.